The molecule has 0 heterocycles. The van der Waals surface area contributed by atoms with Crippen LogP contribution in [0, 0.1) is 6.92 Å². The van der Waals surface area contributed by atoms with E-state index in [2.05, 4.69) is 26.8 Å². The van der Waals surface area contributed by atoms with Crippen LogP contribution in [-0.4, -0.2) is 5.11 Å². The highest BCUT2D eigenvalue weighted by Crippen LogP contribution is 2.25. The van der Waals surface area contributed by atoms with Gasteiger partial charge in [0.2, 0.25) is 0 Å². The molecule has 1 N–H and O–H groups in total. The van der Waals surface area contributed by atoms with Gasteiger partial charge in [-0.25, -0.2) is 0 Å². The van der Waals surface area contributed by atoms with E-state index in [1.165, 1.54) is 11.1 Å². The standard InChI is InChI=1S/C13H20O/c1-4-6-11-8-10(3)12(7-5-2)13(14)9-11/h8-9,14H,4-7H2,1-3H3. The summed E-state index contributed by atoms with van der Waals surface area (Å²) >= 11 is 0. The van der Waals surface area contributed by atoms with Crippen LogP contribution in [0.5, 0.6) is 5.75 Å². The van der Waals surface area contributed by atoms with Gasteiger partial charge in [-0.3, -0.25) is 0 Å². The summed E-state index contributed by atoms with van der Waals surface area (Å²) in [6.45, 7) is 6.38. The molecule has 78 valence electrons. The highest BCUT2D eigenvalue weighted by atomic mass is 16.3. The maximum absolute atomic E-state index is 9.83. The fourth-order valence-corrected chi connectivity index (χ4v) is 1.88. The van der Waals surface area contributed by atoms with Crippen molar-refractivity contribution in [3.8, 4) is 5.75 Å². The van der Waals surface area contributed by atoms with Crippen LogP contribution in [0.1, 0.15) is 43.4 Å². The van der Waals surface area contributed by atoms with Gasteiger partial charge in [0, 0.05) is 0 Å². The first-order valence-corrected chi connectivity index (χ1v) is 5.50. The predicted molar refractivity (Wildman–Crippen MR) is 60.8 cm³/mol. The molecule has 0 aliphatic heterocycles. The van der Waals surface area contributed by atoms with Crippen molar-refractivity contribution in [3.05, 3.63) is 28.8 Å². The van der Waals surface area contributed by atoms with E-state index >= 15 is 0 Å². The third-order valence-electron chi connectivity index (χ3n) is 2.55. The molecule has 0 aliphatic rings. The largest absolute Gasteiger partial charge is 0.508 e. The third-order valence-corrected chi connectivity index (χ3v) is 2.55. The van der Waals surface area contributed by atoms with Gasteiger partial charge in [0.15, 0.2) is 0 Å². The van der Waals surface area contributed by atoms with E-state index < -0.39 is 0 Å². The van der Waals surface area contributed by atoms with Crippen LogP contribution in [-0.2, 0) is 12.8 Å². The van der Waals surface area contributed by atoms with Gasteiger partial charge >= 0.3 is 0 Å². The fourth-order valence-electron chi connectivity index (χ4n) is 1.88. The highest BCUT2D eigenvalue weighted by Gasteiger charge is 2.05. The minimum absolute atomic E-state index is 0.482. The monoisotopic (exact) mass is 192 g/mol. The van der Waals surface area contributed by atoms with E-state index in [4.69, 9.17) is 0 Å². The highest BCUT2D eigenvalue weighted by molar-refractivity contribution is 5.42. The lowest BCUT2D eigenvalue weighted by Crippen LogP contribution is -1.93. The van der Waals surface area contributed by atoms with Gasteiger partial charge in [-0.2, -0.15) is 0 Å². The molecule has 0 radical (unpaired) electrons. The van der Waals surface area contributed by atoms with Crippen molar-refractivity contribution in [2.24, 2.45) is 0 Å². The van der Waals surface area contributed by atoms with Crippen LogP contribution in [0.4, 0.5) is 0 Å². The Morgan fingerprint density at radius 3 is 2.21 bits per heavy atom. The van der Waals surface area contributed by atoms with Gasteiger partial charge in [-0.1, -0.05) is 32.8 Å². The van der Waals surface area contributed by atoms with E-state index in [1.807, 2.05) is 6.07 Å². The van der Waals surface area contributed by atoms with Gasteiger partial charge < -0.3 is 5.11 Å². The van der Waals surface area contributed by atoms with E-state index in [9.17, 15) is 5.11 Å². The molecule has 14 heavy (non-hydrogen) atoms. The van der Waals surface area contributed by atoms with Crippen molar-refractivity contribution >= 4 is 0 Å². The molecule has 0 atom stereocenters. The molecule has 0 unspecified atom stereocenters. The quantitative estimate of drug-likeness (QED) is 0.772. The first-order valence-electron chi connectivity index (χ1n) is 5.50. The van der Waals surface area contributed by atoms with Crippen LogP contribution in [0.2, 0.25) is 0 Å². The zero-order chi connectivity index (χ0) is 10.6. The molecular weight excluding hydrogens is 172 g/mol. The Kier molecular flexibility index (Phi) is 3.99. The average Bonchev–Trinajstić information content (AvgIpc) is 2.12. The smallest absolute Gasteiger partial charge is 0.119 e. The van der Waals surface area contributed by atoms with Crippen LogP contribution >= 0.6 is 0 Å². The summed E-state index contributed by atoms with van der Waals surface area (Å²) in [5, 5.41) is 9.83. The van der Waals surface area contributed by atoms with E-state index in [-0.39, 0.29) is 0 Å². The summed E-state index contributed by atoms with van der Waals surface area (Å²) in [6, 6.07) is 4.12. The van der Waals surface area contributed by atoms with Gasteiger partial charge in [0.25, 0.3) is 0 Å². The fraction of sp³-hybridized carbons (Fsp3) is 0.538. The van der Waals surface area contributed by atoms with Crippen LogP contribution in [0.3, 0.4) is 0 Å². The molecular formula is C13H20O. The summed E-state index contributed by atoms with van der Waals surface area (Å²) < 4.78 is 0. The summed E-state index contributed by atoms with van der Waals surface area (Å²) in [7, 11) is 0. The zero-order valence-electron chi connectivity index (χ0n) is 9.43. The van der Waals surface area contributed by atoms with Gasteiger partial charge in [-0.05, 0) is 42.5 Å². The van der Waals surface area contributed by atoms with Crippen molar-refractivity contribution < 1.29 is 5.11 Å². The summed E-state index contributed by atoms with van der Waals surface area (Å²) in [4.78, 5) is 0. The van der Waals surface area contributed by atoms with Crippen molar-refractivity contribution in [3.63, 3.8) is 0 Å². The van der Waals surface area contributed by atoms with Crippen LogP contribution < -0.4 is 0 Å². The third kappa shape index (κ3) is 2.50. The van der Waals surface area contributed by atoms with Crippen molar-refractivity contribution in [2.45, 2.75) is 46.5 Å². The lowest BCUT2D eigenvalue weighted by atomic mass is 9.98. The number of hydrogen-bond donors (Lipinski definition) is 1. The van der Waals surface area contributed by atoms with E-state index in [1.54, 1.807) is 0 Å². The lowest BCUT2D eigenvalue weighted by molar-refractivity contribution is 0.466. The Labute approximate surface area is 86.8 Å². The summed E-state index contributed by atoms with van der Waals surface area (Å²) in [5.74, 6) is 0.482. The molecule has 0 aromatic heterocycles. The van der Waals surface area contributed by atoms with Gasteiger partial charge in [0.05, 0.1) is 0 Å². The second kappa shape index (κ2) is 5.04. The number of aryl methyl sites for hydroxylation is 2. The number of benzene rings is 1. The Hall–Kier alpha value is -0.980. The van der Waals surface area contributed by atoms with E-state index in [0.717, 1.165) is 31.2 Å². The SMILES string of the molecule is CCCc1cc(C)c(CCC)c(O)c1. The second-order valence-electron chi connectivity index (χ2n) is 3.91. The maximum atomic E-state index is 9.83. The number of phenolic OH excluding ortho intramolecular Hbond substituents is 1. The molecule has 1 aromatic rings. The van der Waals surface area contributed by atoms with Crippen LogP contribution in [0.15, 0.2) is 12.1 Å². The van der Waals surface area contributed by atoms with Crippen molar-refractivity contribution in [2.75, 3.05) is 0 Å². The Morgan fingerprint density at radius 1 is 1.07 bits per heavy atom. The average molecular weight is 192 g/mol. The molecule has 0 fully saturated rings. The maximum Gasteiger partial charge on any atom is 0.119 e. The topological polar surface area (TPSA) is 20.2 Å². The Bertz CT molecular complexity index is 279. The number of aromatic hydroxyl groups is 1. The van der Waals surface area contributed by atoms with E-state index in [0.29, 0.717) is 5.75 Å². The summed E-state index contributed by atoms with van der Waals surface area (Å²) in [6.07, 6.45) is 4.25. The van der Waals surface area contributed by atoms with Crippen LogP contribution in [0.25, 0.3) is 0 Å². The molecule has 0 amide bonds. The molecule has 0 saturated heterocycles. The van der Waals surface area contributed by atoms with Gasteiger partial charge in [0.1, 0.15) is 5.75 Å². The first-order chi connectivity index (χ1) is 6.69. The lowest BCUT2D eigenvalue weighted by Gasteiger charge is -2.10. The number of rotatable bonds is 4. The Balaban J connectivity index is 2.98. The number of phenols is 1. The van der Waals surface area contributed by atoms with Crippen molar-refractivity contribution in [1.29, 1.82) is 0 Å². The predicted octanol–water partition coefficient (Wildman–Crippen LogP) is 3.61. The van der Waals surface area contributed by atoms with Crippen molar-refractivity contribution in [1.82, 2.24) is 0 Å². The number of hydrogen-bond acceptors (Lipinski definition) is 1. The molecule has 0 bridgehead atoms. The molecule has 0 aliphatic carbocycles. The first kappa shape index (κ1) is 11.1. The molecule has 1 heteroatoms. The van der Waals surface area contributed by atoms with Gasteiger partial charge in [-0.15, -0.1) is 0 Å². The molecule has 0 saturated carbocycles. The minimum atomic E-state index is 0.482. The minimum Gasteiger partial charge on any atom is -0.508 e. The molecule has 1 rings (SSSR count). The Morgan fingerprint density at radius 2 is 1.71 bits per heavy atom. The summed E-state index contributed by atoms with van der Waals surface area (Å²) in [5.41, 5.74) is 3.60. The molecule has 1 nitrogen and oxygen atoms in total. The zero-order valence-corrected chi connectivity index (χ0v) is 9.43. The normalized spacial score (nSPS) is 10.5. The molecule has 1 aromatic carbocycles. The molecule has 0 spiro atoms. The second-order valence-corrected chi connectivity index (χ2v) is 3.91.